The summed E-state index contributed by atoms with van der Waals surface area (Å²) in [5.41, 5.74) is 9.08. The van der Waals surface area contributed by atoms with Crippen molar-refractivity contribution in [2.75, 3.05) is 0 Å². The molecule has 0 saturated carbocycles. The highest BCUT2D eigenvalue weighted by molar-refractivity contribution is 7.26. The lowest BCUT2D eigenvalue weighted by molar-refractivity contribution is 0.669. The van der Waals surface area contributed by atoms with Gasteiger partial charge >= 0.3 is 0 Å². The van der Waals surface area contributed by atoms with Crippen molar-refractivity contribution in [2.24, 2.45) is 0 Å². The van der Waals surface area contributed by atoms with Gasteiger partial charge in [-0.05, 0) is 96.0 Å². The van der Waals surface area contributed by atoms with Crippen molar-refractivity contribution in [3.05, 3.63) is 170 Å². The minimum absolute atomic E-state index is 0.904. The van der Waals surface area contributed by atoms with Crippen LogP contribution in [0.25, 0.3) is 108 Å². The van der Waals surface area contributed by atoms with E-state index in [1.165, 1.54) is 74.7 Å². The van der Waals surface area contributed by atoms with Crippen LogP contribution in [-0.4, -0.2) is 0 Å². The molecule has 2 heteroatoms. The molecule has 0 amide bonds. The molecule has 0 N–H and O–H groups in total. The summed E-state index contributed by atoms with van der Waals surface area (Å²) in [6, 6.07) is 61.8. The maximum absolute atomic E-state index is 6.68. The molecule has 0 saturated heterocycles. The number of hydrogen-bond acceptors (Lipinski definition) is 2. The molecule has 0 aliphatic heterocycles. The topological polar surface area (TPSA) is 13.1 Å². The van der Waals surface area contributed by atoms with E-state index in [1.54, 1.807) is 0 Å². The van der Waals surface area contributed by atoms with Crippen LogP contribution in [0, 0.1) is 0 Å². The van der Waals surface area contributed by atoms with Crippen molar-refractivity contribution in [1.29, 1.82) is 0 Å². The van der Waals surface area contributed by atoms with Crippen molar-refractivity contribution < 1.29 is 4.42 Å². The Hall–Kier alpha value is -6.22. The highest BCUT2D eigenvalue weighted by Gasteiger charge is 2.18. The predicted octanol–water partition coefficient (Wildman–Crippen LogP) is 14.4. The SMILES string of the molecule is c1ccc(-c2c3ccccc3c(-c3ccc4c(c3)oc3cc(-c5ccc6c(c5)sc5c7ccccc7ccc65)ccc34)c3ccccc23)cc1. The Labute approximate surface area is 292 Å². The van der Waals surface area contributed by atoms with Crippen molar-refractivity contribution in [3.63, 3.8) is 0 Å². The second-order valence-corrected chi connectivity index (χ2v) is 14.3. The number of rotatable bonds is 3. The lowest BCUT2D eigenvalue weighted by Crippen LogP contribution is -1.90. The van der Waals surface area contributed by atoms with Crippen LogP contribution < -0.4 is 0 Å². The van der Waals surface area contributed by atoms with Gasteiger partial charge in [0.15, 0.2) is 0 Å². The zero-order chi connectivity index (χ0) is 32.8. The minimum Gasteiger partial charge on any atom is -0.456 e. The molecule has 0 spiro atoms. The number of fused-ring (bicyclic) bond motifs is 10. The van der Waals surface area contributed by atoms with E-state index < -0.39 is 0 Å². The largest absolute Gasteiger partial charge is 0.456 e. The van der Waals surface area contributed by atoms with Crippen LogP contribution in [0.5, 0.6) is 0 Å². The first kappa shape index (κ1) is 27.7. The quantitative estimate of drug-likeness (QED) is 0.173. The zero-order valence-electron chi connectivity index (χ0n) is 27.0. The highest BCUT2D eigenvalue weighted by atomic mass is 32.1. The van der Waals surface area contributed by atoms with Gasteiger partial charge in [-0.15, -0.1) is 11.3 Å². The third-order valence-corrected chi connectivity index (χ3v) is 11.7. The molecule has 0 atom stereocenters. The van der Waals surface area contributed by atoms with Gasteiger partial charge in [-0.1, -0.05) is 140 Å². The number of furan rings is 1. The Balaban J connectivity index is 1.06. The molecule has 50 heavy (non-hydrogen) atoms. The fourth-order valence-electron chi connectivity index (χ4n) is 8.15. The van der Waals surface area contributed by atoms with Crippen LogP contribution in [0.15, 0.2) is 174 Å². The molecule has 11 aromatic rings. The predicted molar refractivity (Wildman–Crippen MR) is 215 cm³/mol. The molecular weight excluding hydrogens is 625 g/mol. The summed E-state index contributed by atoms with van der Waals surface area (Å²) in [6.07, 6.45) is 0. The summed E-state index contributed by atoms with van der Waals surface area (Å²) in [7, 11) is 0. The minimum atomic E-state index is 0.904. The van der Waals surface area contributed by atoms with Gasteiger partial charge in [0.2, 0.25) is 0 Å². The van der Waals surface area contributed by atoms with E-state index in [0.717, 1.165) is 33.1 Å². The van der Waals surface area contributed by atoms with Crippen molar-refractivity contribution >= 4 is 85.8 Å². The second kappa shape index (κ2) is 10.6. The van der Waals surface area contributed by atoms with E-state index in [9.17, 15) is 0 Å². The van der Waals surface area contributed by atoms with Crippen LogP contribution in [0.2, 0.25) is 0 Å². The fraction of sp³-hybridized carbons (Fsp3) is 0. The summed E-state index contributed by atoms with van der Waals surface area (Å²) in [4.78, 5) is 0. The molecular formula is C48H28OS. The standard InChI is InChI=1S/C48H28OS/c1-2-11-30(12-3-1)46-38-14-6-8-16-40(38)47(41-17-9-7-15-39(41)46)33-21-23-36-35-22-19-31(26-43(35)49-44(36)27-33)32-20-24-37-42-25-18-29-10-4-5-13-34(29)48(42)50-45(37)28-32/h1-28H. The molecule has 9 aromatic carbocycles. The molecule has 11 rings (SSSR count). The lowest BCUT2D eigenvalue weighted by Gasteiger charge is -2.17. The van der Waals surface area contributed by atoms with E-state index in [2.05, 4.69) is 170 Å². The molecule has 232 valence electrons. The molecule has 2 heterocycles. The van der Waals surface area contributed by atoms with Crippen molar-refractivity contribution in [1.82, 2.24) is 0 Å². The van der Waals surface area contributed by atoms with E-state index in [-0.39, 0.29) is 0 Å². The Morgan fingerprint density at radius 2 is 0.820 bits per heavy atom. The van der Waals surface area contributed by atoms with Crippen molar-refractivity contribution in [3.8, 4) is 33.4 Å². The third kappa shape index (κ3) is 4.06. The maximum atomic E-state index is 6.68. The Morgan fingerprint density at radius 3 is 1.50 bits per heavy atom. The van der Waals surface area contributed by atoms with E-state index in [0.29, 0.717) is 0 Å². The number of thiophene rings is 1. The summed E-state index contributed by atoms with van der Waals surface area (Å²) >= 11 is 1.88. The van der Waals surface area contributed by atoms with E-state index in [1.807, 2.05) is 11.3 Å². The molecule has 0 fully saturated rings. The van der Waals surface area contributed by atoms with Crippen LogP contribution in [0.3, 0.4) is 0 Å². The van der Waals surface area contributed by atoms with Gasteiger partial charge in [-0.3, -0.25) is 0 Å². The molecule has 0 unspecified atom stereocenters. The van der Waals surface area contributed by atoms with Gasteiger partial charge in [0.05, 0.1) is 0 Å². The molecule has 0 aliphatic carbocycles. The Morgan fingerprint density at radius 1 is 0.320 bits per heavy atom. The average Bonchev–Trinajstić information content (AvgIpc) is 3.74. The normalized spacial score (nSPS) is 12.0. The monoisotopic (exact) mass is 652 g/mol. The number of hydrogen-bond donors (Lipinski definition) is 0. The van der Waals surface area contributed by atoms with Gasteiger partial charge in [0.25, 0.3) is 0 Å². The van der Waals surface area contributed by atoms with Gasteiger partial charge in [-0.25, -0.2) is 0 Å². The lowest BCUT2D eigenvalue weighted by atomic mass is 9.86. The second-order valence-electron chi connectivity index (χ2n) is 13.2. The van der Waals surface area contributed by atoms with Gasteiger partial charge in [0, 0.05) is 30.9 Å². The first-order chi connectivity index (χ1) is 24.8. The summed E-state index contributed by atoms with van der Waals surface area (Å²) in [5.74, 6) is 0. The molecule has 0 aliphatic rings. The van der Waals surface area contributed by atoms with Crippen molar-refractivity contribution in [2.45, 2.75) is 0 Å². The third-order valence-electron chi connectivity index (χ3n) is 10.5. The van der Waals surface area contributed by atoms with E-state index >= 15 is 0 Å². The Bertz CT molecular complexity index is 3090. The average molecular weight is 653 g/mol. The van der Waals surface area contributed by atoms with Crippen LogP contribution in [0.1, 0.15) is 0 Å². The summed E-state index contributed by atoms with van der Waals surface area (Å²) < 4.78 is 9.34. The molecule has 0 bridgehead atoms. The number of benzene rings is 9. The van der Waals surface area contributed by atoms with Crippen LogP contribution >= 0.6 is 11.3 Å². The fourth-order valence-corrected chi connectivity index (χ4v) is 9.43. The molecule has 0 radical (unpaired) electrons. The smallest absolute Gasteiger partial charge is 0.136 e. The molecule has 1 nitrogen and oxygen atoms in total. The Kier molecular flexibility index (Phi) is 5.89. The summed E-state index contributed by atoms with van der Waals surface area (Å²) in [5, 5.41) is 12.5. The van der Waals surface area contributed by atoms with Crippen LogP contribution in [0.4, 0.5) is 0 Å². The van der Waals surface area contributed by atoms with Gasteiger partial charge < -0.3 is 4.42 Å². The van der Waals surface area contributed by atoms with E-state index in [4.69, 9.17) is 4.42 Å². The first-order valence-electron chi connectivity index (χ1n) is 17.1. The molecule has 2 aromatic heterocycles. The van der Waals surface area contributed by atoms with Gasteiger partial charge in [-0.2, -0.15) is 0 Å². The first-order valence-corrected chi connectivity index (χ1v) is 17.9. The highest BCUT2D eigenvalue weighted by Crippen LogP contribution is 2.45. The van der Waals surface area contributed by atoms with Gasteiger partial charge in [0.1, 0.15) is 11.2 Å². The summed E-state index contributed by atoms with van der Waals surface area (Å²) in [6.45, 7) is 0. The zero-order valence-corrected chi connectivity index (χ0v) is 27.8. The maximum Gasteiger partial charge on any atom is 0.136 e. The van der Waals surface area contributed by atoms with Crippen LogP contribution in [-0.2, 0) is 0 Å².